The smallest absolute Gasteiger partial charge is 0.133 e. The molecule has 0 fully saturated rings. The van der Waals surface area contributed by atoms with E-state index < -0.39 is 0 Å². The van der Waals surface area contributed by atoms with Crippen LogP contribution in [0.1, 0.15) is 30.7 Å². The van der Waals surface area contributed by atoms with Gasteiger partial charge in [-0.1, -0.05) is 31.5 Å². The molecule has 0 aliphatic carbocycles. The number of nitrogens with zero attached hydrogens (tertiary/aromatic N) is 2. The lowest BCUT2D eigenvalue weighted by Crippen LogP contribution is -2.06. The third-order valence-electron chi connectivity index (χ3n) is 3.61. The summed E-state index contributed by atoms with van der Waals surface area (Å²) < 4.78 is 2.07. The number of aromatic nitrogens is 2. The van der Waals surface area contributed by atoms with Crippen molar-refractivity contribution < 1.29 is 0 Å². The first kappa shape index (κ1) is 12.3. The molecule has 0 unspecified atom stereocenters. The Morgan fingerprint density at radius 1 is 1.26 bits per heavy atom. The summed E-state index contributed by atoms with van der Waals surface area (Å²) in [4.78, 5) is 0. The molecule has 0 saturated heterocycles. The summed E-state index contributed by atoms with van der Waals surface area (Å²) in [5.41, 5.74) is 5.10. The molecule has 1 aromatic carbocycles. The zero-order valence-electron chi connectivity index (χ0n) is 11.9. The first-order valence-corrected chi connectivity index (χ1v) is 7.07. The minimum atomic E-state index is 0.645. The van der Waals surface area contributed by atoms with Crippen LogP contribution in [0.4, 0.5) is 5.82 Å². The van der Waals surface area contributed by atoms with Crippen LogP contribution in [0.25, 0.3) is 5.69 Å². The molecule has 1 aliphatic rings. The van der Waals surface area contributed by atoms with Gasteiger partial charge < -0.3 is 5.32 Å². The lowest BCUT2D eigenvalue weighted by atomic mass is 10.0. The average Bonchev–Trinajstić information content (AvgIpc) is 2.94. The maximum absolute atomic E-state index is 4.83. The molecule has 2 aromatic rings. The number of fused-ring (bicyclic) bond motifs is 1. The van der Waals surface area contributed by atoms with E-state index >= 15 is 0 Å². The topological polar surface area (TPSA) is 29.9 Å². The third-order valence-corrected chi connectivity index (χ3v) is 3.61. The van der Waals surface area contributed by atoms with Crippen molar-refractivity contribution in [1.82, 2.24) is 9.78 Å². The second-order valence-electron chi connectivity index (χ2n) is 5.80. The molecule has 0 spiro atoms. The number of anilines is 1. The van der Waals surface area contributed by atoms with Crippen molar-refractivity contribution in [3.05, 3.63) is 41.1 Å². The Kier molecular flexibility index (Phi) is 3.05. The third kappa shape index (κ3) is 2.25. The van der Waals surface area contributed by atoms with Crippen molar-refractivity contribution >= 4 is 5.82 Å². The van der Waals surface area contributed by atoms with Gasteiger partial charge in [-0.05, 0) is 37.8 Å². The second-order valence-corrected chi connectivity index (χ2v) is 5.80. The number of benzene rings is 1. The van der Waals surface area contributed by atoms with E-state index in [-0.39, 0.29) is 0 Å². The van der Waals surface area contributed by atoms with Crippen molar-refractivity contribution in [3.8, 4) is 5.69 Å². The van der Waals surface area contributed by atoms with Crippen molar-refractivity contribution in [2.24, 2.45) is 5.92 Å². The predicted octanol–water partition coefficient (Wildman–Crippen LogP) is 3.35. The van der Waals surface area contributed by atoms with Gasteiger partial charge in [-0.15, -0.1) is 0 Å². The average molecular weight is 255 g/mol. The molecule has 1 aliphatic heterocycles. The van der Waals surface area contributed by atoms with E-state index in [0.29, 0.717) is 5.92 Å². The molecule has 3 rings (SSSR count). The molecular weight excluding hydrogens is 234 g/mol. The SMILES string of the molecule is Cc1ccc(-n2nc(CC(C)C)c3c2NCC3)cc1. The highest BCUT2D eigenvalue weighted by Gasteiger charge is 2.23. The fourth-order valence-electron chi connectivity index (χ4n) is 2.67. The van der Waals surface area contributed by atoms with Crippen LogP contribution in [0.3, 0.4) is 0 Å². The van der Waals surface area contributed by atoms with Crippen LogP contribution >= 0.6 is 0 Å². The van der Waals surface area contributed by atoms with Gasteiger partial charge >= 0.3 is 0 Å². The molecule has 1 aromatic heterocycles. The van der Waals surface area contributed by atoms with Crippen LogP contribution in [0.5, 0.6) is 0 Å². The minimum Gasteiger partial charge on any atom is -0.369 e. The summed E-state index contributed by atoms with van der Waals surface area (Å²) in [7, 11) is 0. The van der Waals surface area contributed by atoms with Crippen molar-refractivity contribution in [2.75, 3.05) is 11.9 Å². The number of aryl methyl sites for hydroxylation is 1. The van der Waals surface area contributed by atoms with Gasteiger partial charge in [0.1, 0.15) is 5.82 Å². The molecule has 3 heteroatoms. The molecule has 19 heavy (non-hydrogen) atoms. The van der Waals surface area contributed by atoms with Gasteiger partial charge in [0.25, 0.3) is 0 Å². The quantitative estimate of drug-likeness (QED) is 0.911. The monoisotopic (exact) mass is 255 g/mol. The van der Waals surface area contributed by atoms with E-state index in [9.17, 15) is 0 Å². The summed E-state index contributed by atoms with van der Waals surface area (Å²) in [6.45, 7) is 7.64. The maximum Gasteiger partial charge on any atom is 0.133 e. The Balaban J connectivity index is 2.04. The van der Waals surface area contributed by atoms with Crippen molar-refractivity contribution in [2.45, 2.75) is 33.6 Å². The zero-order chi connectivity index (χ0) is 13.4. The lowest BCUT2D eigenvalue weighted by molar-refractivity contribution is 0.624. The number of hydrogen-bond donors (Lipinski definition) is 1. The standard InChI is InChI=1S/C16H21N3/c1-11(2)10-15-14-8-9-17-16(14)19(18-15)13-6-4-12(3)5-7-13/h4-7,11,17H,8-10H2,1-3H3. The predicted molar refractivity (Wildman–Crippen MR) is 79.0 cm³/mol. The van der Waals surface area contributed by atoms with Gasteiger partial charge in [0.15, 0.2) is 0 Å². The Morgan fingerprint density at radius 3 is 2.68 bits per heavy atom. The molecule has 100 valence electrons. The Morgan fingerprint density at radius 2 is 2.00 bits per heavy atom. The number of hydrogen-bond acceptors (Lipinski definition) is 2. The molecule has 0 bridgehead atoms. The van der Waals surface area contributed by atoms with E-state index in [1.807, 2.05) is 0 Å². The second kappa shape index (κ2) is 4.72. The number of nitrogens with one attached hydrogen (secondary N) is 1. The summed E-state index contributed by atoms with van der Waals surface area (Å²) >= 11 is 0. The van der Waals surface area contributed by atoms with Gasteiger partial charge in [-0.3, -0.25) is 0 Å². The molecule has 2 heterocycles. The lowest BCUT2D eigenvalue weighted by Gasteiger charge is -2.07. The Hall–Kier alpha value is -1.77. The Bertz CT molecular complexity index is 579. The Labute approximate surface area is 114 Å². The van der Waals surface area contributed by atoms with Gasteiger partial charge in [0.2, 0.25) is 0 Å². The van der Waals surface area contributed by atoms with Crippen LogP contribution in [-0.2, 0) is 12.8 Å². The van der Waals surface area contributed by atoms with Crippen LogP contribution in [-0.4, -0.2) is 16.3 Å². The largest absolute Gasteiger partial charge is 0.369 e. The summed E-state index contributed by atoms with van der Waals surface area (Å²) in [6.07, 6.45) is 2.16. The van der Waals surface area contributed by atoms with Crippen molar-refractivity contribution in [1.29, 1.82) is 0 Å². The van der Waals surface area contributed by atoms with Gasteiger partial charge in [0, 0.05) is 12.1 Å². The molecule has 0 amide bonds. The summed E-state index contributed by atoms with van der Waals surface area (Å²) in [5.74, 6) is 1.84. The molecule has 0 radical (unpaired) electrons. The highest BCUT2D eigenvalue weighted by Crippen LogP contribution is 2.29. The maximum atomic E-state index is 4.83. The molecular formula is C16H21N3. The molecule has 3 nitrogen and oxygen atoms in total. The van der Waals surface area contributed by atoms with E-state index in [0.717, 1.165) is 25.1 Å². The van der Waals surface area contributed by atoms with Crippen LogP contribution in [0, 0.1) is 12.8 Å². The first-order valence-electron chi connectivity index (χ1n) is 7.07. The van der Waals surface area contributed by atoms with Gasteiger partial charge in [-0.2, -0.15) is 5.10 Å². The highest BCUT2D eigenvalue weighted by atomic mass is 15.3. The van der Waals surface area contributed by atoms with Crippen LogP contribution in [0.15, 0.2) is 24.3 Å². The molecule has 1 N–H and O–H groups in total. The van der Waals surface area contributed by atoms with Crippen LogP contribution < -0.4 is 5.32 Å². The summed E-state index contributed by atoms with van der Waals surface area (Å²) in [5, 5.41) is 8.30. The van der Waals surface area contributed by atoms with E-state index in [2.05, 4.69) is 55.0 Å². The normalized spacial score (nSPS) is 13.7. The highest BCUT2D eigenvalue weighted by molar-refractivity contribution is 5.57. The summed E-state index contributed by atoms with van der Waals surface area (Å²) in [6, 6.07) is 8.56. The van der Waals surface area contributed by atoms with Gasteiger partial charge in [0.05, 0.1) is 11.4 Å². The van der Waals surface area contributed by atoms with Crippen LogP contribution in [0.2, 0.25) is 0 Å². The molecule has 0 saturated carbocycles. The van der Waals surface area contributed by atoms with Crippen molar-refractivity contribution in [3.63, 3.8) is 0 Å². The van der Waals surface area contributed by atoms with Gasteiger partial charge in [-0.25, -0.2) is 4.68 Å². The van der Waals surface area contributed by atoms with E-state index in [4.69, 9.17) is 5.10 Å². The molecule has 0 atom stereocenters. The zero-order valence-corrected chi connectivity index (χ0v) is 11.9. The first-order chi connectivity index (χ1) is 9.15. The minimum absolute atomic E-state index is 0.645. The fourth-order valence-corrected chi connectivity index (χ4v) is 2.67. The van der Waals surface area contributed by atoms with E-state index in [1.165, 1.54) is 22.6 Å². The number of rotatable bonds is 3. The fraction of sp³-hybridized carbons (Fsp3) is 0.438. The van der Waals surface area contributed by atoms with E-state index in [1.54, 1.807) is 0 Å².